The van der Waals surface area contributed by atoms with E-state index in [2.05, 4.69) is 20.4 Å². The number of fused-ring (bicyclic) bond motifs is 1. The molecule has 9 heteroatoms. The Bertz CT molecular complexity index is 1370. The third-order valence-corrected chi connectivity index (χ3v) is 6.71. The fraction of sp³-hybridized carbons (Fsp3) is 0.370. The van der Waals surface area contributed by atoms with Gasteiger partial charge in [-0.2, -0.15) is 10.2 Å². The second kappa shape index (κ2) is 10.2. The molecule has 4 aromatic rings. The first-order valence-electron chi connectivity index (χ1n) is 12.2. The lowest BCUT2D eigenvalue weighted by molar-refractivity contribution is 0.0783. The zero-order valence-electron chi connectivity index (χ0n) is 21.0. The summed E-state index contributed by atoms with van der Waals surface area (Å²) in [5.74, 6) is 1.15. The van der Waals surface area contributed by atoms with Crippen LogP contribution in [-0.4, -0.2) is 59.9 Å². The van der Waals surface area contributed by atoms with Crippen LogP contribution in [0, 0.1) is 19.7 Å². The van der Waals surface area contributed by atoms with Crippen molar-refractivity contribution < 1.29 is 13.9 Å². The molecule has 1 aliphatic heterocycles. The molecule has 1 N–H and O–H groups in total. The van der Waals surface area contributed by atoms with Gasteiger partial charge < -0.3 is 19.7 Å². The van der Waals surface area contributed by atoms with E-state index in [1.54, 1.807) is 19.2 Å². The lowest BCUT2D eigenvalue weighted by Crippen LogP contribution is -2.52. The molecule has 0 saturated carbocycles. The van der Waals surface area contributed by atoms with Crippen LogP contribution < -0.4 is 15.0 Å². The number of nitrogens with zero attached hydrogens (tertiary/aromatic N) is 5. The van der Waals surface area contributed by atoms with Crippen LogP contribution in [0.1, 0.15) is 29.5 Å². The highest BCUT2D eigenvalue weighted by atomic mass is 19.1. The van der Waals surface area contributed by atoms with Gasteiger partial charge in [-0.3, -0.25) is 0 Å². The van der Waals surface area contributed by atoms with Crippen LogP contribution in [0.4, 0.5) is 10.2 Å². The van der Waals surface area contributed by atoms with E-state index in [1.807, 2.05) is 55.9 Å². The molecule has 3 heterocycles. The SMILES string of the molecule is CNCCC(Oc1cccc(-n2nc3c(N4CC(OC)C4)nnc(C)c3c2C)c1)c1ccccc1F. The molecule has 0 radical (unpaired) electrons. The summed E-state index contributed by atoms with van der Waals surface area (Å²) >= 11 is 0. The molecular formula is C27H31FN6O2. The molecule has 0 spiro atoms. The number of rotatable bonds is 9. The smallest absolute Gasteiger partial charge is 0.179 e. The minimum atomic E-state index is -0.422. The van der Waals surface area contributed by atoms with Gasteiger partial charge in [0.05, 0.1) is 28.6 Å². The standard InChI is InChI=1S/C27H31FN6O2/c1-17-25-18(2)34(32-26(25)27(31-30-17)33-15-21(16-33)35-4)19-8-7-9-20(14-19)36-24(12-13-29-3)22-10-5-6-11-23(22)28/h5-11,14,21,24,29H,12-13,15-16H2,1-4H3. The van der Waals surface area contributed by atoms with Gasteiger partial charge in [0.1, 0.15) is 23.2 Å². The summed E-state index contributed by atoms with van der Waals surface area (Å²) in [6.07, 6.45) is 0.407. The molecule has 2 aromatic carbocycles. The van der Waals surface area contributed by atoms with Crippen molar-refractivity contribution in [2.24, 2.45) is 0 Å². The molecule has 1 unspecified atom stereocenters. The molecule has 36 heavy (non-hydrogen) atoms. The maximum Gasteiger partial charge on any atom is 0.179 e. The maximum atomic E-state index is 14.6. The average Bonchev–Trinajstić information content (AvgIpc) is 3.21. The van der Waals surface area contributed by atoms with Crippen LogP contribution in [0.2, 0.25) is 0 Å². The maximum absolute atomic E-state index is 14.6. The number of aryl methyl sites for hydroxylation is 2. The van der Waals surface area contributed by atoms with Crippen LogP contribution >= 0.6 is 0 Å². The van der Waals surface area contributed by atoms with Crippen molar-refractivity contribution in [1.29, 1.82) is 0 Å². The van der Waals surface area contributed by atoms with Crippen LogP contribution in [-0.2, 0) is 4.74 Å². The second-order valence-corrected chi connectivity index (χ2v) is 9.11. The summed E-state index contributed by atoms with van der Waals surface area (Å²) in [7, 11) is 3.60. The minimum Gasteiger partial charge on any atom is -0.486 e. The largest absolute Gasteiger partial charge is 0.486 e. The molecule has 5 rings (SSSR count). The van der Waals surface area contributed by atoms with E-state index in [9.17, 15) is 4.39 Å². The topological polar surface area (TPSA) is 77.3 Å². The number of anilines is 1. The zero-order valence-corrected chi connectivity index (χ0v) is 21.0. The Morgan fingerprint density at radius 3 is 2.67 bits per heavy atom. The van der Waals surface area contributed by atoms with E-state index >= 15 is 0 Å². The van der Waals surface area contributed by atoms with Gasteiger partial charge in [-0.25, -0.2) is 9.07 Å². The molecule has 0 aliphatic carbocycles. The van der Waals surface area contributed by atoms with Gasteiger partial charge in [-0.05, 0) is 45.6 Å². The highest BCUT2D eigenvalue weighted by Gasteiger charge is 2.31. The number of hydrogen-bond acceptors (Lipinski definition) is 7. The molecule has 1 fully saturated rings. The Morgan fingerprint density at radius 2 is 1.92 bits per heavy atom. The number of nitrogens with one attached hydrogen (secondary N) is 1. The molecular weight excluding hydrogens is 459 g/mol. The fourth-order valence-electron chi connectivity index (χ4n) is 4.68. The fourth-order valence-corrected chi connectivity index (χ4v) is 4.68. The van der Waals surface area contributed by atoms with E-state index in [1.165, 1.54) is 6.07 Å². The zero-order chi connectivity index (χ0) is 25.2. The van der Waals surface area contributed by atoms with E-state index in [4.69, 9.17) is 14.6 Å². The Balaban J connectivity index is 1.49. The highest BCUT2D eigenvalue weighted by Crippen LogP contribution is 2.33. The van der Waals surface area contributed by atoms with Crippen molar-refractivity contribution in [2.45, 2.75) is 32.5 Å². The van der Waals surface area contributed by atoms with Gasteiger partial charge in [0.2, 0.25) is 0 Å². The number of aromatic nitrogens is 4. The third-order valence-electron chi connectivity index (χ3n) is 6.71. The average molecular weight is 491 g/mol. The summed E-state index contributed by atoms with van der Waals surface area (Å²) in [6.45, 7) is 6.22. The molecule has 1 saturated heterocycles. The lowest BCUT2D eigenvalue weighted by atomic mass is 10.1. The Hall–Kier alpha value is -3.56. The lowest BCUT2D eigenvalue weighted by Gasteiger charge is -2.38. The summed E-state index contributed by atoms with van der Waals surface area (Å²) in [6, 6.07) is 14.5. The second-order valence-electron chi connectivity index (χ2n) is 9.11. The predicted octanol–water partition coefficient (Wildman–Crippen LogP) is 4.14. The molecule has 2 aromatic heterocycles. The molecule has 0 bridgehead atoms. The Morgan fingerprint density at radius 1 is 1.11 bits per heavy atom. The first-order valence-corrected chi connectivity index (χ1v) is 12.2. The quantitative estimate of drug-likeness (QED) is 0.378. The first kappa shape index (κ1) is 24.1. The Labute approximate surface area is 210 Å². The highest BCUT2D eigenvalue weighted by molar-refractivity contribution is 5.92. The van der Waals surface area contributed by atoms with Crippen molar-refractivity contribution in [3.05, 3.63) is 71.3 Å². The molecule has 1 aliphatic rings. The van der Waals surface area contributed by atoms with Crippen LogP contribution in [0.25, 0.3) is 16.6 Å². The van der Waals surface area contributed by atoms with Gasteiger partial charge in [0.15, 0.2) is 5.82 Å². The number of methoxy groups -OCH3 is 1. The van der Waals surface area contributed by atoms with Gasteiger partial charge in [-0.1, -0.05) is 24.3 Å². The van der Waals surface area contributed by atoms with E-state index in [0.717, 1.165) is 46.9 Å². The predicted molar refractivity (Wildman–Crippen MR) is 137 cm³/mol. The van der Waals surface area contributed by atoms with Gasteiger partial charge >= 0.3 is 0 Å². The first-order chi connectivity index (χ1) is 17.5. The Kier molecular flexibility index (Phi) is 6.84. The normalized spacial score (nSPS) is 14.8. The molecule has 188 valence electrons. The number of hydrogen-bond donors (Lipinski definition) is 1. The van der Waals surface area contributed by atoms with Gasteiger partial charge in [-0.15, -0.1) is 5.10 Å². The monoisotopic (exact) mass is 490 g/mol. The van der Waals surface area contributed by atoms with Crippen molar-refractivity contribution in [3.63, 3.8) is 0 Å². The van der Waals surface area contributed by atoms with Gasteiger partial charge in [0.25, 0.3) is 0 Å². The van der Waals surface area contributed by atoms with E-state index in [-0.39, 0.29) is 11.9 Å². The summed E-state index contributed by atoms with van der Waals surface area (Å²) in [4.78, 5) is 2.14. The summed E-state index contributed by atoms with van der Waals surface area (Å²) in [5, 5.41) is 17.9. The summed E-state index contributed by atoms with van der Waals surface area (Å²) < 4.78 is 28.2. The number of ether oxygens (including phenoxy) is 2. The molecule has 8 nitrogen and oxygen atoms in total. The van der Waals surface area contributed by atoms with E-state index < -0.39 is 6.10 Å². The van der Waals surface area contributed by atoms with Crippen molar-refractivity contribution >= 4 is 16.7 Å². The van der Waals surface area contributed by atoms with Crippen LogP contribution in [0.5, 0.6) is 5.75 Å². The minimum absolute atomic E-state index is 0.200. The van der Waals surface area contributed by atoms with Crippen molar-refractivity contribution in [3.8, 4) is 11.4 Å². The number of halogens is 1. The molecule has 1 atom stereocenters. The molecule has 0 amide bonds. The van der Waals surface area contributed by atoms with Crippen molar-refractivity contribution in [2.75, 3.05) is 38.7 Å². The van der Waals surface area contributed by atoms with Crippen LogP contribution in [0.15, 0.2) is 48.5 Å². The van der Waals surface area contributed by atoms with Crippen molar-refractivity contribution in [1.82, 2.24) is 25.3 Å². The summed E-state index contributed by atoms with van der Waals surface area (Å²) in [5.41, 5.74) is 4.02. The van der Waals surface area contributed by atoms with E-state index in [0.29, 0.717) is 24.3 Å². The van der Waals surface area contributed by atoms with Gasteiger partial charge in [0, 0.05) is 38.2 Å². The van der Waals surface area contributed by atoms with Crippen LogP contribution in [0.3, 0.4) is 0 Å². The third kappa shape index (κ3) is 4.52. The number of benzene rings is 2.